The summed E-state index contributed by atoms with van der Waals surface area (Å²) in [6.45, 7) is 1.10. The number of carbonyl (C=O) groups excluding carboxylic acids is 2. The Morgan fingerprint density at radius 2 is 2.03 bits per heavy atom. The smallest absolute Gasteiger partial charge is 0.272 e. The van der Waals surface area contributed by atoms with E-state index in [4.69, 9.17) is 20.9 Å². The number of amides is 2. The first-order valence-corrected chi connectivity index (χ1v) is 11.9. The molecule has 10 nitrogen and oxygen atoms in total. The third kappa shape index (κ3) is 6.15. The van der Waals surface area contributed by atoms with E-state index >= 15 is 0 Å². The fourth-order valence-corrected chi connectivity index (χ4v) is 4.36. The van der Waals surface area contributed by atoms with Crippen molar-refractivity contribution in [2.24, 2.45) is 17.4 Å². The van der Waals surface area contributed by atoms with Crippen LogP contribution in [0.3, 0.4) is 0 Å². The van der Waals surface area contributed by atoms with Crippen LogP contribution in [0.15, 0.2) is 42.9 Å². The van der Waals surface area contributed by atoms with Crippen molar-refractivity contribution < 1.29 is 32.2 Å². The first-order chi connectivity index (χ1) is 18.1. The minimum absolute atomic E-state index is 0.0590. The summed E-state index contributed by atoms with van der Waals surface area (Å²) in [7, 11) is 0. The topological polar surface area (TPSA) is 147 Å². The molecule has 1 aliphatic rings. The summed E-state index contributed by atoms with van der Waals surface area (Å²) in [5, 5.41) is 7.04. The average Bonchev–Trinajstić information content (AvgIpc) is 3.19. The maximum Gasteiger partial charge on any atom is 0.272 e. The van der Waals surface area contributed by atoms with E-state index in [1.54, 1.807) is 0 Å². The molecule has 13 heteroatoms. The number of aromatic nitrogens is 3. The van der Waals surface area contributed by atoms with Gasteiger partial charge in [0.25, 0.3) is 18.2 Å². The Bertz CT molecular complexity index is 1340. The summed E-state index contributed by atoms with van der Waals surface area (Å²) >= 11 is 0. The highest BCUT2D eigenvalue weighted by molar-refractivity contribution is 6.18. The molecule has 1 atom stereocenters. The van der Waals surface area contributed by atoms with Crippen molar-refractivity contribution in [2.45, 2.75) is 44.8 Å². The van der Waals surface area contributed by atoms with Crippen LogP contribution in [0.25, 0.3) is 11.1 Å². The van der Waals surface area contributed by atoms with E-state index in [-0.39, 0.29) is 46.5 Å². The van der Waals surface area contributed by atoms with E-state index < -0.39 is 30.7 Å². The van der Waals surface area contributed by atoms with Crippen LogP contribution >= 0.6 is 0 Å². The number of hydrogen-bond acceptors (Lipinski definition) is 7. The molecule has 0 unspecified atom stereocenters. The number of nitrogens with zero attached hydrogens (tertiary/aromatic N) is 3. The summed E-state index contributed by atoms with van der Waals surface area (Å²) in [6.07, 6.45) is 2.70. The van der Waals surface area contributed by atoms with Crippen molar-refractivity contribution in [3.8, 4) is 11.6 Å². The molecule has 2 amide bonds. The largest absolute Gasteiger partial charge is 0.486 e. The lowest BCUT2D eigenvalue weighted by atomic mass is 9.78. The second kappa shape index (κ2) is 11.4. The van der Waals surface area contributed by atoms with Gasteiger partial charge in [-0.1, -0.05) is 0 Å². The van der Waals surface area contributed by atoms with Gasteiger partial charge in [-0.25, -0.2) is 17.7 Å². The van der Waals surface area contributed by atoms with Gasteiger partial charge in [-0.05, 0) is 56.4 Å². The number of fused-ring (bicyclic) bond motifs is 1. The molecule has 1 aliphatic carbocycles. The lowest BCUT2D eigenvalue weighted by molar-refractivity contribution is -0.116. The Balaban J connectivity index is 1.28. The number of hydrogen-bond donors (Lipinski definition) is 3. The summed E-state index contributed by atoms with van der Waals surface area (Å²) < 4.78 is 50.1. The predicted octanol–water partition coefficient (Wildman–Crippen LogP) is 2.66. The van der Waals surface area contributed by atoms with Crippen molar-refractivity contribution in [1.29, 1.82) is 0 Å². The van der Waals surface area contributed by atoms with Gasteiger partial charge in [-0.2, -0.15) is 0 Å². The zero-order chi connectivity index (χ0) is 27.4. The van der Waals surface area contributed by atoms with Gasteiger partial charge in [0.2, 0.25) is 5.88 Å². The molecule has 202 valence electrons. The van der Waals surface area contributed by atoms with E-state index in [0.29, 0.717) is 24.8 Å². The van der Waals surface area contributed by atoms with Crippen LogP contribution in [0.4, 0.5) is 13.2 Å². The summed E-state index contributed by atoms with van der Waals surface area (Å²) in [5.41, 5.74) is 12.0. The number of alkyl halides is 2. The van der Waals surface area contributed by atoms with Crippen molar-refractivity contribution in [1.82, 2.24) is 19.9 Å². The molecule has 3 heterocycles. The van der Waals surface area contributed by atoms with E-state index in [2.05, 4.69) is 15.4 Å². The van der Waals surface area contributed by atoms with Crippen LogP contribution in [0, 0.1) is 11.7 Å². The fourth-order valence-electron chi connectivity index (χ4n) is 4.36. The number of primary amides is 1. The van der Waals surface area contributed by atoms with E-state index in [1.165, 1.54) is 35.0 Å². The van der Waals surface area contributed by atoms with Crippen LogP contribution < -0.4 is 26.3 Å². The van der Waals surface area contributed by atoms with Crippen LogP contribution in [-0.2, 0) is 4.79 Å². The zero-order valence-corrected chi connectivity index (χ0v) is 20.4. The van der Waals surface area contributed by atoms with E-state index in [0.717, 1.165) is 12.4 Å². The van der Waals surface area contributed by atoms with Gasteiger partial charge in [-0.3, -0.25) is 14.6 Å². The SMILES string of the molecule is C[C@@H](CC1CC(Oc2nn3cc(F)ccc3c2C(N)=O)C1)NC(=O)C(=CN)c1ccc(OCC(F)F)cn1. The molecule has 0 aromatic carbocycles. The number of pyridine rings is 2. The third-order valence-electron chi connectivity index (χ3n) is 6.14. The molecule has 38 heavy (non-hydrogen) atoms. The Morgan fingerprint density at radius 3 is 2.66 bits per heavy atom. The normalized spacial score (nSPS) is 18.2. The molecule has 3 aromatic heterocycles. The maximum atomic E-state index is 13.5. The van der Waals surface area contributed by atoms with Gasteiger partial charge in [0.05, 0.1) is 29.2 Å². The maximum absolute atomic E-state index is 13.5. The minimum atomic E-state index is -2.61. The highest BCUT2D eigenvalue weighted by atomic mass is 19.3. The van der Waals surface area contributed by atoms with Crippen molar-refractivity contribution in [2.75, 3.05) is 6.61 Å². The summed E-state index contributed by atoms with van der Waals surface area (Å²) in [5.74, 6) is -1.20. The Morgan fingerprint density at radius 1 is 1.26 bits per heavy atom. The lowest BCUT2D eigenvalue weighted by Crippen LogP contribution is -2.40. The zero-order valence-electron chi connectivity index (χ0n) is 20.4. The molecule has 0 spiro atoms. The highest BCUT2D eigenvalue weighted by Gasteiger charge is 2.34. The van der Waals surface area contributed by atoms with E-state index in [9.17, 15) is 22.8 Å². The lowest BCUT2D eigenvalue weighted by Gasteiger charge is -2.36. The summed E-state index contributed by atoms with van der Waals surface area (Å²) in [6, 6.07) is 5.33. The second-order valence-electron chi connectivity index (χ2n) is 9.07. The molecule has 4 rings (SSSR count). The Labute approximate surface area is 215 Å². The number of carbonyl (C=O) groups is 2. The first kappa shape index (κ1) is 26.8. The third-order valence-corrected chi connectivity index (χ3v) is 6.14. The molecule has 1 saturated carbocycles. The van der Waals surface area contributed by atoms with Gasteiger partial charge in [-0.15, -0.1) is 5.10 Å². The van der Waals surface area contributed by atoms with Crippen LogP contribution in [0.2, 0.25) is 0 Å². The van der Waals surface area contributed by atoms with Crippen LogP contribution in [-0.4, -0.2) is 51.6 Å². The van der Waals surface area contributed by atoms with Crippen molar-refractivity contribution in [3.05, 3.63) is 59.9 Å². The van der Waals surface area contributed by atoms with Gasteiger partial charge in [0.15, 0.2) is 0 Å². The quantitative estimate of drug-likeness (QED) is 0.322. The first-order valence-electron chi connectivity index (χ1n) is 11.9. The van der Waals surface area contributed by atoms with Gasteiger partial charge < -0.3 is 26.3 Å². The number of nitrogens with two attached hydrogens (primary N) is 2. The Hall–Kier alpha value is -4.29. The predicted molar refractivity (Wildman–Crippen MR) is 131 cm³/mol. The van der Waals surface area contributed by atoms with Crippen molar-refractivity contribution in [3.63, 3.8) is 0 Å². The number of halogens is 3. The monoisotopic (exact) mass is 532 g/mol. The van der Waals surface area contributed by atoms with Gasteiger partial charge >= 0.3 is 0 Å². The fraction of sp³-hybridized carbons (Fsp3) is 0.360. The minimum Gasteiger partial charge on any atom is -0.486 e. The molecule has 5 N–H and O–H groups in total. The summed E-state index contributed by atoms with van der Waals surface area (Å²) in [4.78, 5) is 28.8. The van der Waals surface area contributed by atoms with Gasteiger partial charge in [0.1, 0.15) is 29.8 Å². The standard InChI is InChI=1S/C25H27F3N6O4/c1-13(32-24(36)18(9-29)19-4-3-16(10-31-19)37-12-21(27)28)6-14-7-17(8-14)38-25-22(23(30)35)20-5-2-15(26)11-34(20)33-25/h2-5,9-11,13-14,17,21H,6-8,12,29H2,1H3,(H2,30,35)(H,32,36)/t13-,14?,17?/m0/s1. The average molecular weight is 533 g/mol. The number of rotatable bonds is 11. The molecular weight excluding hydrogens is 505 g/mol. The van der Waals surface area contributed by atoms with E-state index in [1.807, 2.05) is 6.92 Å². The van der Waals surface area contributed by atoms with Gasteiger partial charge in [0, 0.05) is 12.2 Å². The van der Waals surface area contributed by atoms with Crippen molar-refractivity contribution >= 4 is 22.9 Å². The molecule has 0 radical (unpaired) electrons. The molecule has 3 aromatic rings. The molecule has 0 saturated heterocycles. The molecular formula is C25H27F3N6O4. The molecule has 0 aliphatic heterocycles. The molecule has 1 fully saturated rings. The second-order valence-corrected chi connectivity index (χ2v) is 9.07. The number of nitrogens with one attached hydrogen (secondary N) is 1. The van der Waals surface area contributed by atoms with Crippen LogP contribution in [0.1, 0.15) is 42.2 Å². The highest BCUT2D eigenvalue weighted by Crippen LogP contribution is 2.36. The molecule has 0 bridgehead atoms. The van der Waals surface area contributed by atoms with Crippen LogP contribution in [0.5, 0.6) is 11.6 Å². The Kier molecular flexibility index (Phi) is 8.03. The number of ether oxygens (including phenoxy) is 2.